The van der Waals surface area contributed by atoms with E-state index in [1.165, 1.54) is 6.92 Å². The van der Waals surface area contributed by atoms with E-state index in [0.717, 1.165) is 30.6 Å². The molecule has 94 valence electrons. The first-order valence-electron chi connectivity index (χ1n) is 6.26. The fourth-order valence-corrected chi connectivity index (χ4v) is 1.82. The Morgan fingerprint density at radius 1 is 1.24 bits per heavy atom. The minimum Gasteiger partial charge on any atom is -0.326 e. The highest BCUT2D eigenvalue weighted by atomic mass is 16.1. The Morgan fingerprint density at radius 2 is 1.88 bits per heavy atom. The number of amides is 1. The Hall–Kier alpha value is -1.35. The van der Waals surface area contributed by atoms with Crippen LogP contribution in [0.3, 0.4) is 0 Å². The lowest BCUT2D eigenvalue weighted by Crippen LogP contribution is -2.27. The molecule has 1 aromatic rings. The van der Waals surface area contributed by atoms with Gasteiger partial charge in [0.05, 0.1) is 0 Å². The van der Waals surface area contributed by atoms with E-state index in [9.17, 15) is 4.79 Å². The number of anilines is 1. The van der Waals surface area contributed by atoms with Crippen molar-refractivity contribution in [1.29, 1.82) is 0 Å². The van der Waals surface area contributed by atoms with E-state index in [4.69, 9.17) is 0 Å². The van der Waals surface area contributed by atoms with Gasteiger partial charge in [-0.25, -0.2) is 0 Å². The maximum atomic E-state index is 11.1. The zero-order chi connectivity index (χ0) is 12.7. The second kappa shape index (κ2) is 7.07. The van der Waals surface area contributed by atoms with Crippen molar-refractivity contribution in [1.82, 2.24) is 5.32 Å². The molecule has 0 radical (unpaired) electrons. The van der Waals surface area contributed by atoms with Crippen LogP contribution in [-0.4, -0.2) is 11.9 Å². The van der Waals surface area contributed by atoms with Gasteiger partial charge < -0.3 is 10.6 Å². The van der Waals surface area contributed by atoms with Crippen molar-refractivity contribution in [2.45, 2.75) is 46.2 Å². The van der Waals surface area contributed by atoms with Crippen LogP contribution in [0.25, 0.3) is 0 Å². The molecular weight excluding hydrogens is 212 g/mol. The lowest BCUT2D eigenvalue weighted by molar-refractivity contribution is -0.114. The second-order valence-electron chi connectivity index (χ2n) is 4.23. The first-order chi connectivity index (χ1) is 8.17. The monoisotopic (exact) mass is 234 g/mol. The van der Waals surface area contributed by atoms with Crippen LogP contribution in [0.4, 0.5) is 5.69 Å². The molecule has 1 rings (SSSR count). The Morgan fingerprint density at radius 3 is 2.47 bits per heavy atom. The molecule has 0 aliphatic heterocycles. The minimum absolute atomic E-state index is 0.0278. The van der Waals surface area contributed by atoms with Crippen molar-refractivity contribution in [3.63, 3.8) is 0 Å². The number of nitrogens with one attached hydrogen (secondary N) is 2. The molecule has 17 heavy (non-hydrogen) atoms. The summed E-state index contributed by atoms with van der Waals surface area (Å²) in [5.41, 5.74) is 2.04. The molecule has 3 heteroatoms. The largest absolute Gasteiger partial charge is 0.326 e. The van der Waals surface area contributed by atoms with E-state index in [0.29, 0.717) is 6.04 Å². The van der Waals surface area contributed by atoms with Gasteiger partial charge in [0.2, 0.25) is 5.91 Å². The van der Waals surface area contributed by atoms with E-state index >= 15 is 0 Å². The minimum atomic E-state index is -0.0278. The Bertz CT molecular complexity index is 359. The van der Waals surface area contributed by atoms with Crippen molar-refractivity contribution in [3.8, 4) is 0 Å². The Balaban J connectivity index is 2.66. The third kappa shape index (κ3) is 4.57. The van der Waals surface area contributed by atoms with E-state index in [1.54, 1.807) is 0 Å². The molecule has 0 saturated carbocycles. The summed E-state index contributed by atoms with van der Waals surface area (Å²) in [6.45, 7) is 6.69. The third-order valence-electron chi connectivity index (χ3n) is 2.89. The molecule has 1 aromatic carbocycles. The summed E-state index contributed by atoms with van der Waals surface area (Å²) in [4.78, 5) is 11.1. The van der Waals surface area contributed by atoms with Crippen LogP contribution in [0.5, 0.6) is 0 Å². The standard InChI is InChI=1S/C14H22N2O/c1-4-13(5-2)15-10-12-8-6-7-9-14(12)16-11(3)17/h6-9,13,15H,4-5,10H2,1-3H3,(H,16,17). The molecule has 2 N–H and O–H groups in total. The maximum absolute atomic E-state index is 11.1. The van der Waals surface area contributed by atoms with Crippen LogP contribution in [0.1, 0.15) is 39.2 Å². The molecule has 0 unspecified atom stereocenters. The number of benzene rings is 1. The van der Waals surface area contributed by atoms with Crippen LogP contribution in [0, 0.1) is 0 Å². The topological polar surface area (TPSA) is 41.1 Å². The first-order valence-corrected chi connectivity index (χ1v) is 6.26. The van der Waals surface area contributed by atoms with Crippen molar-refractivity contribution in [2.24, 2.45) is 0 Å². The summed E-state index contributed by atoms with van der Waals surface area (Å²) in [6.07, 6.45) is 2.25. The van der Waals surface area contributed by atoms with Gasteiger partial charge >= 0.3 is 0 Å². The van der Waals surface area contributed by atoms with Gasteiger partial charge in [-0.15, -0.1) is 0 Å². The van der Waals surface area contributed by atoms with Crippen LogP contribution in [0.2, 0.25) is 0 Å². The van der Waals surface area contributed by atoms with Gasteiger partial charge in [-0.05, 0) is 24.5 Å². The molecule has 0 fully saturated rings. The Labute approximate surface area is 104 Å². The number of rotatable bonds is 6. The van der Waals surface area contributed by atoms with Gasteiger partial charge in [-0.1, -0.05) is 32.0 Å². The first kappa shape index (κ1) is 13.7. The van der Waals surface area contributed by atoms with E-state index in [-0.39, 0.29) is 5.91 Å². The van der Waals surface area contributed by atoms with Crippen LogP contribution in [-0.2, 0) is 11.3 Å². The molecule has 0 atom stereocenters. The third-order valence-corrected chi connectivity index (χ3v) is 2.89. The summed E-state index contributed by atoms with van der Waals surface area (Å²) in [5.74, 6) is -0.0278. The predicted octanol–water partition coefficient (Wildman–Crippen LogP) is 2.92. The molecule has 3 nitrogen and oxygen atoms in total. The highest BCUT2D eigenvalue weighted by Crippen LogP contribution is 2.15. The number of carbonyl (C=O) groups is 1. The summed E-state index contributed by atoms with van der Waals surface area (Å²) in [6, 6.07) is 8.45. The average Bonchev–Trinajstić information content (AvgIpc) is 2.31. The molecule has 0 aliphatic carbocycles. The zero-order valence-electron chi connectivity index (χ0n) is 10.9. The molecule has 0 aromatic heterocycles. The molecule has 0 bridgehead atoms. The highest BCUT2D eigenvalue weighted by molar-refractivity contribution is 5.89. The lowest BCUT2D eigenvalue weighted by Gasteiger charge is -2.16. The van der Waals surface area contributed by atoms with Gasteiger partial charge in [-0.2, -0.15) is 0 Å². The van der Waals surface area contributed by atoms with Crippen molar-refractivity contribution >= 4 is 11.6 Å². The van der Waals surface area contributed by atoms with Crippen LogP contribution < -0.4 is 10.6 Å². The summed E-state index contributed by atoms with van der Waals surface area (Å²) < 4.78 is 0. The van der Waals surface area contributed by atoms with Gasteiger partial charge in [-0.3, -0.25) is 4.79 Å². The van der Waals surface area contributed by atoms with Gasteiger partial charge in [0.25, 0.3) is 0 Å². The van der Waals surface area contributed by atoms with E-state index < -0.39 is 0 Å². The molecular formula is C14H22N2O. The lowest BCUT2D eigenvalue weighted by atomic mass is 10.1. The number of hydrogen-bond donors (Lipinski definition) is 2. The number of hydrogen-bond acceptors (Lipinski definition) is 2. The van der Waals surface area contributed by atoms with E-state index in [1.807, 2.05) is 24.3 Å². The Kier molecular flexibility index (Phi) is 5.70. The molecule has 0 spiro atoms. The van der Waals surface area contributed by atoms with E-state index in [2.05, 4.69) is 24.5 Å². The second-order valence-corrected chi connectivity index (χ2v) is 4.23. The zero-order valence-corrected chi connectivity index (χ0v) is 10.9. The fourth-order valence-electron chi connectivity index (χ4n) is 1.82. The highest BCUT2D eigenvalue weighted by Gasteiger charge is 2.06. The van der Waals surface area contributed by atoms with Crippen LogP contribution in [0.15, 0.2) is 24.3 Å². The van der Waals surface area contributed by atoms with Gasteiger partial charge in [0, 0.05) is 25.2 Å². The molecule has 0 saturated heterocycles. The number of para-hydroxylation sites is 1. The SMILES string of the molecule is CCC(CC)NCc1ccccc1NC(C)=O. The maximum Gasteiger partial charge on any atom is 0.221 e. The summed E-state index contributed by atoms with van der Waals surface area (Å²) in [5, 5.41) is 6.35. The molecule has 0 heterocycles. The summed E-state index contributed by atoms with van der Waals surface area (Å²) >= 11 is 0. The smallest absolute Gasteiger partial charge is 0.221 e. The fraction of sp³-hybridized carbons (Fsp3) is 0.500. The molecule has 1 amide bonds. The number of carbonyl (C=O) groups excluding carboxylic acids is 1. The van der Waals surface area contributed by atoms with Crippen molar-refractivity contribution in [3.05, 3.63) is 29.8 Å². The quantitative estimate of drug-likeness (QED) is 0.794. The van der Waals surface area contributed by atoms with Gasteiger partial charge in [0.15, 0.2) is 0 Å². The summed E-state index contributed by atoms with van der Waals surface area (Å²) in [7, 11) is 0. The van der Waals surface area contributed by atoms with Crippen LogP contribution >= 0.6 is 0 Å². The normalized spacial score (nSPS) is 10.6. The van der Waals surface area contributed by atoms with Crippen molar-refractivity contribution in [2.75, 3.05) is 5.32 Å². The average molecular weight is 234 g/mol. The van der Waals surface area contributed by atoms with Gasteiger partial charge in [0.1, 0.15) is 0 Å². The predicted molar refractivity (Wildman–Crippen MR) is 72.0 cm³/mol. The van der Waals surface area contributed by atoms with Crippen molar-refractivity contribution < 1.29 is 4.79 Å². The molecule has 0 aliphatic rings.